The van der Waals surface area contributed by atoms with Gasteiger partial charge < -0.3 is 25.0 Å². The van der Waals surface area contributed by atoms with Gasteiger partial charge in [0.1, 0.15) is 18.3 Å². The number of H-pyrrole nitrogens is 1. The molecule has 11 heteroatoms. The van der Waals surface area contributed by atoms with E-state index in [2.05, 4.69) is 15.0 Å². The van der Waals surface area contributed by atoms with Crippen LogP contribution in [0.4, 0.5) is 0 Å². The Kier molecular flexibility index (Phi) is 7.10. The number of rotatable bonds is 5. The summed E-state index contributed by atoms with van der Waals surface area (Å²) < 4.78 is 1.40. The monoisotopic (exact) mass is 400 g/mol. The fourth-order valence-corrected chi connectivity index (χ4v) is 2.89. The SMILES string of the molecule is Cc1cc2nc3c(=O)[nH]c(=O)nc-3n(C[C@@H](O)[C@@H](O)[C@@H](O)CO)c2cc1C.[NaH]. The number of hydrogen-bond acceptors (Lipinski definition) is 8. The number of aromatic nitrogens is 4. The Labute approximate surface area is 181 Å². The first-order valence-electron chi connectivity index (χ1n) is 8.29. The molecular formula is C17H21N4NaO6. The van der Waals surface area contributed by atoms with Gasteiger partial charge in [-0.05, 0) is 37.1 Å². The fraction of sp³-hybridized carbons (Fsp3) is 0.412. The maximum absolute atomic E-state index is 12.2. The summed E-state index contributed by atoms with van der Waals surface area (Å²) in [6, 6.07) is 3.53. The molecule has 0 radical (unpaired) electrons. The van der Waals surface area contributed by atoms with Crippen molar-refractivity contribution in [3.05, 3.63) is 44.1 Å². The normalized spacial score (nSPS) is 14.6. The number of aromatic amines is 1. The molecule has 2 heterocycles. The van der Waals surface area contributed by atoms with Crippen molar-refractivity contribution < 1.29 is 20.4 Å². The molecule has 28 heavy (non-hydrogen) atoms. The summed E-state index contributed by atoms with van der Waals surface area (Å²) in [5, 5.41) is 38.8. The van der Waals surface area contributed by atoms with Crippen molar-refractivity contribution >= 4 is 40.6 Å². The zero-order chi connectivity index (χ0) is 19.9. The van der Waals surface area contributed by atoms with Crippen LogP contribution >= 0.6 is 0 Å². The predicted molar refractivity (Wildman–Crippen MR) is 103 cm³/mol. The van der Waals surface area contributed by atoms with E-state index in [9.17, 15) is 24.9 Å². The number of aliphatic hydroxyl groups is 4. The van der Waals surface area contributed by atoms with Crippen molar-refractivity contribution in [3.63, 3.8) is 0 Å². The molecule has 0 unspecified atom stereocenters. The molecule has 5 N–H and O–H groups in total. The van der Waals surface area contributed by atoms with Crippen LogP contribution in [0.5, 0.6) is 0 Å². The van der Waals surface area contributed by atoms with Gasteiger partial charge in [-0.1, -0.05) is 0 Å². The molecule has 1 aromatic rings. The molecule has 3 atom stereocenters. The van der Waals surface area contributed by atoms with E-state index in [1.165, 1.54) is 4.57 Å². The van der Waals surface area contributed by atoms with Crippen molar-refractivity contribution in [1.82, 2.24) is 19.5 Å². The molecule has 2 aliphatic rings. The minimum atomic E-state index is -1.64. The second-order valence-corrected chi connectivity index (χ2v) is 6.50. The van der Waals surface area contributed by atoms with Crippen LogP contribution in [0, 0.1) is 13.8 Å². The van der Waals surface area contributed by atoms with Crippen molar-refractivity contribution in [2.24, 2.45) is 0 Å². The number of nitrogens with zero attached hydrogens (tertiary/aromatic N) is 3. The predicted octanol–water partition coefficient (Wildman–Crippen LogP) is -2.37. The number of fused-ring (bicyclic) bond motifs is 2. The second kappa shape index (κ2) is 8.78. The Morgan fingerprint density at radius 3 is 2.36 bits per heavy atom. The fourth-order valence-electron chi connectivity index (χ4n) is 2.89. The van der Waals surface area contributed by atoms with Gasteiger partial charge in [0.05, 0.1) is 24.2 Å². The van der Waals surface area contributed by atoms with Crippen LogP contribution in [0.2, 0.25) is 0 Å². The summed E-state index contributed by atoms with van der Waals surface area (Å²) in [6.45, 7) is 2.73. The third-order valence-electron chi connectivity index (χ3n) is 4.57. The quantitative estimate of drug-likeness (QED) is 0.234. The second-order valence-electron chi connectivity index (χ2n) is 6.50. The Bertz CT molecular complexity index is 1080. The van der Waals surface area contributed by atoms with E-state index >= 15 is 0 Å². The number of nitrogens with one attached hydrogen (secondary N) is 1. The maximum atomic E-state index is 12.2. The summed E-state index contributed by atoms with van der Waals surface area (Å²) in [4.78, 5) is 34.0. The van der Waals surface area contributed by atoms with E-state index in [1.807, 2.05) is 13.8 Å². The molecular weight excluding hydrogens is 379 g/mol. The van der Waals surface area contributed by atoms with Crippen LogP contribution in [0.1, 0.15) is 11.1 Å². The third-order valence-corrected chi connectivity index (χ3v) is 4.57. The molecule has 0 saturated carbocycles. The Morgan fingerprint density at radius 1 is 1.07 bits per heavy atom. The van der Waals surface area contributed by atoms with Gasteiger partial charge in [0.2, 0.25) is 0 Å². The van der Waals surface area contributed by atoms with Crippen molar-refractivity contribution in [1.29, 1.82) is 0 Å². The summed E-state index contributed by atoms with van der Waals surface area (Å²) in [6.07, 6.45) is -4.68. The van der Waals surface area contributed by atoms with Crippen molar-refractivity contribution in [3.8, 4) is 11.5 Å². The van der Waals surface area contributed by atoms with E-state index in [-0.39, 0.29) is 47.6 Å². The molecule has 0 aliphatic carbocycles. The van der Waals surface area contributed by atoms with Gasteiger partial charge in [0.15, 0.2) is 11.5 Å². The molecule has 0 amide bonds. The van der Waals surface area contributed by atoms with Gasteiger partial charge in [-0.15, -0.1) is 0 Å². The molecule has 0 saturated heterocycles. The van der Waals surface area contributed by atoms with Gasteiger partial charge in [0.25, 0.3) is 5.56 Å². The van der Waals surface area contributed by atoms with Gasteiger partial charge in [-0.2, -0.15) is 4.98 Å². The van der Waals surface area contributed by atoms with Gasteiger partial charge in [-0.3, -0.25) is 9.78 Å². The van der Waals surface area contributed by atoms with Gasteiger partial charge in [-0.25, -0.2) is 9.78 Å². The van der Waals surface area contributed by atoms with Gasteiger partial charge >= 0.3 is 35.2 Å². The Morgan fingerprint density at radius 2 is 1.71 bits per heavy atom. The molecule has 0 bridgehead atoms. The van der Waals surface area contributed by atoms with Crippen LogP contribution in [-0.2, 0) is 6.54 Å². The van der Waals surface area contributed by atoms with Crippen LogP contribution < -0.4 is 11.2 Å². The van der Waals surface area contributed by atoms with Crippen molar-refractivity contribution in [2.45, 2.75) is 38.7 Å². The van der Waals surface area contributed by atoms with Gasteiger partial charge in [0, 0.05) is 0 Å². The molecule has 146 valence electrons. The number of benzene rings is 1. The molecule has 0 aromatic heterocycles. The zero-order valence-electron chi connectivity index (χ0n) is 14.7. The van der Waals surface area contributed by atoms with Crippen LogP contribution in [0.25, 0.3) is 22.6 Å². The van der Waals surface area contributed by atoms with Crippen LogP contribution in [0.3, 0.4) is 0 Å². The summed E-state index contributed by atoms with van der Waals surface area (Å²) in [7, 11) is 0. The number of hydrogen-bond donors (Lipinski definition) is 5. The standard InChI is InChI=1S/C17H20N4O6.Na.H/c1-7-3-9-10(4-8(7)2)21(5-11(23)14(25)12(24)6-22)15-13(18-9)16(26)20-17(27)19-15;;/h3-4,11-12,14,22-25H,5-6H2,1-2H3,(H,20,26,27);;/t11-,12+,14-;;/m1../s1. The van der Waals surface area contributed by atoms with Crippen LogP contribution in [0.15, 0.2) is 21.7 Å². The molecule has 1 aromatic carbocycles. The summed E-state index contributed by atoms with van der Waals surface area (Å²) in [5.74, 6) is -0.0516. The minimum absolute atomic E-state index is 0. The first kappa shape index (κ1) is 22.6. The molecule has 3 rings (SSSR count). The van der Waals surface area contributed by atoms with Crippen LogP contribution in [-0.4, -0.2) is 94.4 Å². The molecule has 0 fully saturated rings. The van der Waals surface area contributed by atoms with E-state index in [0.717, 1.165) is 11.1 Å². The molecule has 2 aliphatic heterocycles. The average Bonchev–Trinajstić information content (AvgIpc) is 2.62. The van der Waals surface area contributed by atoms with E-state index in [0.29, 0.717) is 11.0 Å². The average molecular weight is 400 g/mol. The molecule has 0 spiro atoms. The summed E-state index contributed by atoms with van der Waals surface area (Å²) >= 11 is 0. The number of aliphatic hydroxyl groups excluding tert-OH is 4. The first-order valence-corrected chi connectivity index (χ1v) is 8.29. The van der Waals surface area contributed by atoms with E-state index < -0.39 is 36.2 Å². The molecule has 10 nitrogen and oxygen atoms in total. The van der Waals surface area contributed by atoms with E-state index in [1.54, 1.807) is 12.1 Å². The Balaban J connectivity index is 0.00000280. The number of aryl methyl sites for hydroxylation is 2. The summed E-state index contributed by atoms with van der Waals surface area (Å²) in [5.41, 5.74) is 1.11. The van der Waals surface area contributed by atoms with Crippen molar-refractivity contribution in [2.75, 3.05) is 6.61 Å². The topological polar surface area (TPSA) is 162 Å². The Hall–Kier alpha value is -1.66. The first-order chi connectivity index (χ1) is 12.7. The third kappa shape index (κ3) is 4.18. The zero-order valence-corrected chi connectivity index (χ0v) is 14.7. The van der Waals surface area contributed by atoms with E-state index in [4.69, 9.17) is 5.11 Å².